The molecule has 1 heterocycles. The van der Waals surface area contributed by atoms with Gasteiger partial charge in [-0.1, -0.05) is 107 Å². The maximum atomic E-state index is 6.64. The van der Waals surface area contributed by atoms with E-state index in [0.29, 0.717) is 26.4 Å². The van der Waals surface area contributed by atoms with Crippen LogP contribution in [0, 0.1) is 0 Å². The van der Waals surface area contributed by atoms with E-state index in [-0.39, 0.29) is 18.3 Å². The fourth-order valence-corrected chi connectivity index (χ4v) is 5.62. The molecule has 0 unspecified atom stereocenters. The summed E-state index contributed by atoms with van der Waals surface area (Å²) in [6.45, 7) is 1.85. The lowest BCUT2D eigenvalue weighted by molar-refractivity contribution is -0.151. The zero-order valence-corrected chi connectivity index (χ0v) is 24.6. The lowest BCUT2D eigenvalue weighted by Gasteiger charge is -2.38. The Morgan fingerprint density at radius 1 is 0.650 bits per heavy atom. The van der Waals surface area contributed by atoms with Crippen LogP contribution < -0.4 is 0 Å². The quantitative estimate of drug-likeness (QED) is 0.141. The minimum Gasteiger partial charge on any atom is -0.493 e. The highest BCUT2D eigenvalue weighted by Crippen LogP contribution is 2.32. The number of ether oxygens (including phenoxy) is 4. The highest BCUT2D eigenvalue weighted by Gasteiger charge is 2.39. The number of halogens is 1. The molecule has 0 N–H and O–H groups in total. The molecular weight excluding hydrogens is 584 g/mol. The van der Waals surface area contributed by atoms with Crippen LogP contribution in [0.3, 0.4) is 0 Å². The molecule has 3 atom stereocenters. The standard InChI is InChI=1S/C34H33BrO4S/c35-30-16-18-31(19-17-30)40-25-29-23-37-32(24-36-20-26-10-4-1-5-11-26)34(39-22-28-14-8-3-9-15-28)33(29)38-21-27-12-6-2-7-13-27/h1-19,23,32-34H,20-22,24-25H2/t32-,33-,34+/m1/s1. The molecule has 1 aliphatic heterocycles. The predicted octanol–water partition coefficient (Wildman–Crippen LogP) is 8.21. The number of benzene rings is 4. The maximum Gasteiger partial charge on any atom is 0.150 e. The Labute approximate surface area is 249 Å². The molecule has 5 rings (SSSR count). The van der Waals surface area contributed by atoms with Gasteiger partial charge in [-0.2, -0.15) is 0 Å². The molecule has 40 heavy (non-hydrogen) atoms. The number of hydrogen-bond acceptors (Lipinski definition) is 5. The zero-order valence-electron chi connectivity index (χ0n) is 22.2. The van der Waals surface area contributed by atoms with Crippen LogP contribution in [0.25, 0.3) is 0 Å². The van der Waals surface area contributed by atoms with Crippen molar-refractivity contribution in [2.45, 2.75) is 43.0 Å². The van der Waals surface area contributed by atoms with Crippen LogP contribution in [0.5, 0.6) is 0 Å². The van der Waals surface area contributed by atoms with Gasteiger partial charge in [-0.15, -0.1) is 11.8 Å². The molecule has 0 bridgehead atoms. The molecule has 0 aliphatic carbocycles. The smallest absolute Gasteiger partial charge is 0.150 e. The van der Waals surface area contributed by atoms with Crippen molar-refractivity contribution in [2.24, 2.45) is 0 Å². The second-order valence-electron chi connectivity index (χ2n) is 9.59. The van der Waals surface area contributed by atoms with Crippen LogP contribution in [0.15, 0.2) is 136 Å². The summed E-state index contributed by atoms with van der Waals surface area (Å²) in [5.41, 5.74) is 4.40. The van der Waals surface area contributed by atoms with Crippen molar-refractivity contribution in [3.05, 3.63) is 148 Å². The molecule has 0 spiro atoms. The summed E-state index contributed by atoms with van der Waals surface area (Å²) in [7, 11) is 0. The van der Waals surface area contributed by atoms with Crippen molar-refractivity contribution in [1.29, 1.82) is 0 Å². The fraction of sp³-hybridized carbons (Fsp3) is 0.235. The molecule has 0 saturated heterocycles. The van der Waals surface area contributed by atoms with Gasteiger partial charge in [0.25, 0.3) is 0 Å². The van der Waals surface area contributed by atoms with Gasteiger partial charge in [-0.3, -0.25) is 0 Å². The van der Waals surface area contributed by atoms with Crippen molar-refractivity contribution in [3.63, 3.8) is 0 Å². The first kappa shape index (κ1) is 28.7. The first-order valence-electron chi connectivity index (χ1n) is 13.4. The lowest BCUT2D eigenvalue weighted by Crippen LogP contribution is -2.48. The first-order valence-corrected chi connectivity index (χ1v) is 15.2. The molecular formula is C34H33BrO4S. The van der Waals surface area contributed by atoms with E-state index in [4.69, 9.17) is 18.9 Å². The van der Waals surface area contributed by atoms with Gasteiger partial charge in [0.15, 0.2) is 0 Å². The molecule has 4 aromatic carbocycles. The molecule has 206 valence electrons. The van der Waals surface area contributed by atoms with Gasteiger partial charge in [-0.05, 0) is 41.0 Å². The van der Waals surface area contributed by atoms with E-state index in [1.165, 1.54) is 4.90 Å². The van der Waals surface area contributed by atoms with E-state index in [0.717, 1.165) is 32.5 Å². The van der Waals surface area contributed by atoms with Gasteiger partial charge < -0.3 is 18.9 Å². The molecule has 1 aliphatic rings. The first-order chi connectivity index (χ1) is 19.7. The van der Waals surface area contributed by atoms with Crippen LogP contribution >= 0.6 is 27.7 Å². The Balaban J connectivity index is 1.34. The summed E-state index contributed by atoms with van der Waals surface area (Å²) in [5.74, 6) is 0.726. The summed E-state index contributed by atoms with van der Waals surface area (Å²) in [6, 6.07) is 39.0. The van der Waals surface area contributed by atoms with Crippen molar-refractivity contribution >= 4 is 27.7 Å². The maximum absolute atomic E-state index is 6.64. The molecule has 0 aromatic heterocycles. The third-order valence-electron chi connectivity index (χ3n) is 6.59. The Morgan fingerprint density at radius 2 is 1.20 bits per heavy atom. The van der Waals surface area contributed by atoms with Crippen molar-refractivity contribution in [2.75, 3.05) is 12.4 Å². The Hall–Kier alpha value is -2.87. The molecule has 4 aromatic rings. The SMILES string of the molecule is Brc1ccc(SCC2=CO[C@H](COCc3ccccc3)[C@H](OCc3ccccc3)[C@@H]2OCc2ccccc2)cc1. The second-order valence-corrected chi connectivity index (χ2v) is 11.6. The van der Waals surface area contributed by atoms with Gasteiger partial charge in [-0.25, -0.2) is 0 Å². The van der Waals surface area contributed by atoms with E-state index in [9.17, 15) is 0 Å². The minimum atomic E-state index is -0.342. The third-order valence-corrected chi connectivity index (χ3v) is 8.21. The zero-order chi connectivity index (χ0) is 27.4. The van der Waals surface area contributed by atoms with Crippen molar-refractivity contribution in [3.8, 4) is 0 Å². The van der Waals surface area contributed by atoms with E-state index >= 15 is 0 Å². The average Bonchev–Trinajstić information content (AvgIpc) is 3.01. The summed E-state index contributed by atoms with van der Waals surface area (Å²) >= 11 is 5.28. The molecule has 0 saturated carbocycles. The Bertz CT molecular complexity index is 1320. The van der Waals surface area contributed by atoms with Crippen molar-refractivity contribution < 1.29 is 18.9 Å². The van der Waals surface area contributed by atoms with Crippen LogP contribution in [0.2, 0.25) is 0 Å². The number of thioether (sulfide) groups is 1. The van der Waals surface area contributed by atoms with Gasteiger partial charge >= 0.3 is 0 Å². The van der Waals surface area contributed by atoms with Gasteiger partial charge in [0, 0.05) is 20.7 Å². The Kier molecular flexibility index (Phi) is 10.9. The molecule has 0 radical (unpaired) electrons. The van der Waals surface area contributed by atoms with Crippen LogP contribution in [0.4, 0.5) is 0 Å². The van der Waals surface area contributed by atoms with E-state index < -0.39 is 0 Å². The normalized spacial score (nSPS) is 18.6. The Morgan fingerprint density at radius 3 is 1.80 bits per heavy atom. The highest BCUT2D eigenvalue weighted by atomic mass is 79.9. The van der Waals surface area contributed by atoms with Gasteiger partial charge in [0.2, 0.25) is 0 Å². The second kappa shape index (κ2) is 15.2. The summed E-state index contributed by atoms with van der Waals surface area (Å²) < 4.78 is 26.7. The van der Waals surface area contributed by atoms with Crippen LogP contribution in [0.1, 0.15) is 16.7 Å². The summed E-state index contributed by atoms with van der Waals surface area (Å²) in [5, 5.41) is 0. The van der Waals surface area contributed by atoms with Crippen LogP contribution in [-0.4, -0.2) is 30.7 Å². The monoisotopic (exact) mass is 616 g/mol. The summed E-state index contributed by atoms with van der Waals surface area (Å²) in [4.78, 5) is 1.18. The molecule has 0 fully saturated rings. The highest BCUT2D eigenvalue weighted by molar-refractivity contribution is 9.10. The average molecular weight is 618 g/mol. The van der Waals surface area contributed by atoms with E-state index in [1.54, 1.807) is 11.8 Å². The van der Waals surface area contributed by atoms with E-state index in [2.05, 4.69) is 76.6 Å². The predicted molar refractivity (Wildman–Crippen MR) is 164 cm³/mol. The molecule has 0 amide bonds. The molecule has 4 nitrogen and oxygen atoms in total. The number of rotatable bonds is 13. The topological polar surface area (TPSA) is 36.9 Å². The molecule has 6 heteroatoms. The third kappa shape index (κ3) is 8.56. The lowest BCUT2D eigenvalue weighted by atomic mass is 9.99. The largest absolute Gasteiger partial charge is 0.493 e. The van der Waals surface area contributed by atoms with Crippen molar-refractivity contribution in [1.82, 2.24) is 0 Å². The van der Waals surface area contributed by atoms with Crippen LogP contribution in [-0.2, 0) is 38.8 Å². The van der Waals surface area contributed by atoms with E-state index in [1.807, 2.05) is 60.9 Å². The number of hydrogen-bond donors (Lipinski definition) is 0. The van der Waals surface area contributed by atoms with Gasteiger partial charge in [0.1, 0.15) is 18.3 Å². The fourth-order valence-electron chi connectivity index (χ4n) is 4.46. The minimum absolute atomic E-state index is 0.286. The summed E-state index contributed by atoms with van der Waals surface area (Å²) in [6.07, 6.45) is 0.922. The van der Waals surface area contributed by atoms with Gasteiger partial charge in [0.05, 0.1) is 32.7 Å².